The van der Waals surface area contributed by atoms with Crippen LogP contribution in [0, 0.1) is 0 Å². The Kier molecular flexibility index (Phi) is 4.28. The van der Waals surface area contributed by atoms with Gasteiger partial charge in [-0.2, -0.15) is 0 Å². The maximum atomic E-state index is 13.6. The van der Waals surface area contributed by atoms with Crippen molar-refractivity contribution in [3.63, 3.8) is 0 Å². The zero-order valence-electron chi connectivity index (χ0n) is 7.75. The first-order chi connectivity index (χ1) is 6.37. The van der Waals surface area contributed by atoms with E-state index in [0.29, 0.717) is 0 Å². The van der Waals surface area contributed by atoms with E-state index in [9.17, 15) is 13.2 Å². The van der Waals surface area contributed by atoms with Crippen LogP contribution in [0.3, 0.4) is 0 Å². The first-order valence-electron chi connectivity index (χ1n) is 4.05. The van der Waals surface area contributed by atoms with Crippen molar-refractivity contribution in [2.45, 2.75) is 31.2 Å². The second-order valence-electron chi connectivity index (χ2n) is 3.17. The Morgan fingerprint density at radius 3 is 2.50 bits per heavy atom. The van der Waals surface area contributed by atoms with E-state index >= 15 is 0 Å². The molecule has 0 amide bonds. The van der Waals surface area contributed by atoms with Gasteiger partial charge in [0.25, 0.3) is 0 Å². The van der Waals surface area contributed by atoms with Crippen LogP contribution in [0.15, 0.2) is 0 Å². The molecule has 0 spiro atoms. The first-order valence-corrected chi connectivity index (χ1v) is 9.61. The summed E-state index contributed by atoms with van der Waals surface area (Å²) in [5.41, 5.74) is 0. The predicted octanol–water partition coefficient (Wildman–Crippen LogP) is 2.25. The van der Waals surface area contributed by atoms with Crippen molar-refractivity contribution < 1.29 is 41.2 Å². The van der Waals surface area contributed by atoms with Crippen molar-refractivity contribution in [1.29, 1.82) is 0 Å². The van der Waals surface area contributed by atoms with Crippen LogP contribution in [0.4, 0.5) is 13.2 Å². The third-order valence-electron chi connectivity index (χ3n) is 1.96. The third-order valence-corrected chi connectivity index (χ3v) is 3.59. The number of hydrogen-bond donors (Lipinski definition) is 0. The standard InChI is InChI=1S/C7H11F3O2P.W/c1-4-5(8)6(9)7(10,12-4)3-11-13-2;/h4-6H,3H2,1-2H3;/q-1;+2/t4-,5-,6-,7+;/m0./s1. The van der Waals surface area contributed by atoms with Gasteiger partial charge in [0.05, 0.1) is 0 Å². The SMILES string of the molecule is C[C@@H]1O[C@](F)(CO[P+](C)=[W])[C@@H](F)[C@H]1F. The molecule has 0 N–H and O–H groups in total. The summed E-state index contributed by atoms with van der Waals surface area (Å²) in [6, 6.07) is 0. The molecule has 0 aromatic carbocycles. The van der Waals surface area contributed by atoms with Crippen molar-refractivity contribution in [2.75, 3.05) is 13.3 Å². The molecule has 1 aliphatic heterocycles. The fourth-order valence-electron chi connectivity index (χ4n) is 1.21. The van der Waals surface area contributed by atoms with Crippen LogP contribution in [0.1, 0.15) is 6.92 Å². The Morgan fingerprint density at radius 1 is 1.57 bits per heavy atom. The molecule has 1 aliphatic rings. The molecule has 0 aromatic rings. The van der Waals surface area contributed by atoms with Crippen molar-refractivity contribution in [3.05, 3.63) is 0 Å². The predicted molar refractivity (Wildman–Crippen MR) is 43.0 cm³/mol. The van der Waals surface area contributed by atoms with Gasteiger partial charge in [0.1, 0.15) is 0 Å². The van der Waals surface area contributed by atoms with Gasteiger partial charge in [0.2, 0.25) is 0 Å². The molecule has 7 heteroatoms. The second kappa shape index (κ2) is 4.69. The van der Waals surface area contributed by atoms with Crippen molar-refractivity contribution >= 4 is 5.78 Å². The molecule has 82 valence electrons. The van der Waals surface area contributed by atoms with E-state index in [4.69, 9.17) is 4.52 Å². The summed E-state index contributed by atoms with van der Waals surface area (Å²) in [6.45, 7) is 2.57. The van der Waals surface area contributed by atoms with Gasteiger partial charge < -0.3 is 0 Å². The average molecular weight is 399 g/mol. The Hall–Kier alpha value is 0.698. The van der Waals surface area contributed by atoms with Crippen LogP contribution in [0.2, 0.25) is 0 Å². The number of alkyl halides is 3. The zero-order valence-corrected chi connectivity index (χ0v) is 11.6. The summed E-state index contributed by atoms with van der Waals surface area (Å²) >= 11 is 1.16. The minimum atomic E-state index is -2.61. The fraction of sp³-hybridized carbons (Fsp3) is 1.00. The van der Waals surface area contributed by atoms with Gasteiger partial charge >= 0.3 is 91.5 Å². The Balaban J connectivity index is 2.61. The zero-order chi connectivity index (χ0) is 10.9. The van der Waals surface area contributed by atoms with Gasteiger partial charge in [-0.15, -0.1) is 0 Å². The summed E-state index contributed by atoms with van der Waals surface area (Å²) in [5, 5.41) is 0. The molecular weight excluding hydrogens is 388 g/mol. The Morgan fingerprint density at radius 2 is 2.14 bits per heavy atom. The van der Waals surface area contributed by atoms with Gasteiger partial charge in [-0.3, -0.25) is 0 Å². The van der Waals surface area contributed by atoms with E-state index in [1.54, 1.807) is 6.66 Å². The van der Waals surface area contributed by atoms with Gasteiger partial charge in [-0.1, -0.05) is 0 Å². The minimum absolute atomic E-state index is 0.523. The van der Waals surface area contributed by atoms with Crippen LogP contribution in [-0.4, -0.2) is 37.6 Å². The topological polar surface area (TPSA) is 18.5 Å². The fourth-order valence-corrected chi connectivity index (χ4v) is 2.13. The number of ether oxygens (including phenoxy) is 1. The molecule has 0 aromatic heterocycles. The maximum absolute atomic E-state index is 13.6. The molecule has 1 rings (SSSR count). The van der Waals surface area contributed by atoms with E-state index in [2.05, 4.69) is 4.74 Å². The van der Waals surface area contributed by atoms with Crippen LogP contribution in [0.5, 0.6) is 0 Å². The molecule has 1 saturated heterocycles. The van der Waals surface area contributed by atoms with Gasteiger partial charge in [-0.05, 0) is 0 Å². The number of hydrogen-bond acceptors (Lipinski definition) is 2. The summed E-state index contributed by atoms with van der Waals surface area (Å²) in [4.78, 5) is 0. The Bertz CT molecular complexity index is 243. The molecule has 1 heterocycles. The molecule has 0 bridgehead atoms. The molecule has 0 aliphatic carbocycles. The van der Waals surface area contributed by atoms with E-state index in [-0.39, 0.29) is 0 Å². The molecule has 5 atom stereocenters. The van der Waals surface area contributed by atoms with E-state index in [0.717, 1.165) is 18.8 Å². The molecule has 14 heavy (non-hydrogen) atoms. The second-order valence-corrected chi connectivity index (χ2v) is 9.85. The van der Waals surface area contributed by atoms with Crippen molar-refractivity contribution in [3.8, 4) is 0 Å². The normalized spacial score (nSPS) is 44.1. The average Bonchev–Trinajstić information content (AvgIpc) is 2.28. The molecule has 0 radical (unpaired) electrons. The van der Waals surface area contributed by atoms with Crippen LogP contribution < -0.4 is 0 Å². The van der Waals surface area contributed by atoms with Crippen molar-refractivity contribution in [1.82, 2.24) is 0 Å². The molecular formula is C7H11F3O2PW+. The van der Waals surface area contributed by atoms with Gasteiger partial charge in [0, 0.05) is 0 Å². The van der Waals surface area contributed by atoms with Crippen LogP contribution >= 0.6 is 5.78 Å². The Labute approximate surface area is 91.8 Å². The summed E-state index contributed by atoms with van der Waals surface area (Å²) in [6.07, 6.45) is -5.20. The monoisotopic (exact) mass is 399 g/mol. The summed E-state index contributed by atoms with van der Waals surface area (Å²) in [5.74, 6) is -3.33. The van der Waals surface area contributed by atoms with Crippen LogP contribution in [-0.2, 0) is 28.1 Å². The third kappa shape index (κ3) is 2.63. The van der Waals surface area contributed by atoms with Crippen LogP contribution in [0.25, 0.3) is 0 Å². The quantitative estimate of drug-likeness (QED) is 0.679. The molecule has 1 unspecified atom stereocenters. The summed E-state index contributed by atoms with van der Waals surface area (Å²) < 4.78 is 49.3. The molecule has 0 saturated carbocycles. The van der Waals surface area contributed by atoms with E-state index in [1.165, 1.54) is 6.92 Å². The first kappa shape index (κ1) is 12.8. The summed E-state index contributed by atoms with van der Waals surface area (Å²) in [7, 11) is 0. The van der Waals surface area contributed by atoms with E-state index < -0.39 is 36.7 Å². The molecule has 1 fully saturated rings. The van der Waals surface area contributed by atoms with Gasteiger partial charge in [0.15, 0.2) is 0 Å². The number of halogens is 3. The number of rotatable bonds is 3. The van der Waals surface area contributed by atoms with Crippen molar-refractivity contribution in [2.24, 2.45) is 0 Å². The van der Waals surface area contributed by atoms with E-state index in [1.807, 2.05) is 0 Å². The van der Waals surface area contributed by atoms with Gasteiger partial charge in [-0.25, -0.2) is 0 Å². The molecule has 2 nitrogen and oxygen atoms in total.